The molecule has 0 bridgehead atoms. The second-order valence-corrected chi connectivity index (χ2v) is 2.91. The summed E-state index contributed by atoms with van der Waals surface area (Å²) in [4.78, 5) is 0. The van der Waals surface area contributed by atoms with Gasteiger partial charge in [0.25, 0.3) is 0 Å². The van der Waals surface area contributed by atoms with Crippen LogP contribution in [0, 0.1) is 0 Å². The molecule has 2 nitrogen and oxygen atoms in total. The summed E-state index contributed by atoms with van der Waals surface area (Å²) in [6.07, 6.45) is 1.29. The lowest BCUT2D eigenvalue weighted by atomic mass is 10.3. The van der Waals surface area contributed by atoms with Crippen molar-refractivity contribution in [1.82, 2.24) is 0 Å². The Morgan fingerprint density at radius 1 is 1.33 bits per heavy atom. The largest absolute Gasteiger partial charge is 0.491 e. The number of hydrogen-bond donors (Lipinski definition) is 1. The zero-order valence-corrected chi connectivity index (χ0v) is 7.58. The molecule has 66 valence electrons. The van der Waals surface area contributed by atoms with Crippen molar-refractivity contribution in [2.45, 2.75) is 26.4 Å². The van der Waals surface area contributed by atoms with Crippen molar-refractivity contribution in [3.8, 4) is 5.75 Å². The first-order valence-corrected chi connectivity index (χ1v) is 4.24. The van der Waals surface area contributed by atoms with Gasteiger partial charge in [-0.15, -0.1) is 0 Å². The van der Waals surface area contributed by atoms with Gasteiger partial charge in [-0.3, -0.25) is 0 Å². The summed E-state index contributed by atoms with van der Waals surface area (Å²) in [6.45, 7) is 4.15. The van der Waals surface area contributed by atoms with E-state index < -0.39 is 0 Å². The molecular weight excluding hydrogens is 150 g/mol. The fourth-order valence-corrected chi connectivity index (χ4v) is 0.862. The van der Waals surface area contributed by atoms with Crippen molar-refractivity contribution in [3.63, 3.8) is 0 Å². The second kappa shape index (κ2) is 4.00. The van der Waals surface area contributed by atoms with Gasteiger partial charge in [0.15, 0.2) is 0 Å². The Hall–Kier alpha value is -1.18. The van der Waals surface area contributed by atoms with Crippen molar-refractivity contribution in [2.75, 3.05) is 5.73 Å². The zero-order chi connectivity index (χ0) is 8.97. The van der Waals surface area contributed by atoms with Crippen molar-refractivity contribution in [3.05, 3.63) is 24.3 Å². The van der Waals surface area contributed by atoms with Gasteiger partial charge in [0.05, 0.1) is 6.10 Å². The molecule has 0 spiro atoms. The smallest absolute Gasteiger partial charge is 0.119 e. The average Bonchev–Trinajstić information content (AvgIpc) is 2.09. The maximum Gasteiger partial charge on any atom is 0.119 e. The minimum Gasteiger partial charge on any atom is -0.491 e. The Balaban J connectivity index is 2.58. The standard InChI is InChI=1S/C10H15NO/c1-3-8(2)12-10-6-4-9(11)5-7-10/h4-8H,3,11H2,1-2H3/t8-/m0/s1. The molecule has 1 rings (SSSR count). The maximum atomic E-state index is 5.56. The van der Waals surface area contributed by atoms with E-state index in [0.717, 1.165) is 17.9 Å². The van der Waals surface area contributed by atoms with E-state index in [1.54, 1.807) is 0 Å². The molecule has 0 amide bonds. The summed E-state index contributed by atoms with van der Waals surface area (Å²) in [6, 6.07) is 7.47. The molecule has 2 N–H and O–H groups in total. The highest BCUT2D eigenvalue weighted by atomic mass is 16.5. The number of ether oxygens (including phenoxy) is 1. The van der Waals surface area contributed by atoms with E-state index in [9.17, 15) is 0 Å². The third-order valence-electron chi connectivity index (χ3n) is 1.79. The highest BCUT2D eigenvalue weighted by Gasteiger charge is 1.99. The van der Waals surface area contributed by atoms with E-state index in [1.807, 2.05) is 24.3 Å². The summed E-state index contributed by atoms with van der Waals surface area (Å²) in [7, 11) is 0. The van der Waals surface area contributed by atoms with Gasteiger partial charge >= 0.3 is 0 Å². The Kier molecular flexibility index (Phi) is 2.97. The van der Waals surface area contributed by atoms with E-state index in [2.05, 4.69) is 13.8 Å². The van der Waals surface area contributed by atoms with Crippen LogP contribution >= 0.6 is 0 Å². The summed E-state index contributed by atoms with van der Waals surface area (Å²) >= 11 is 0. The van der Waals surface area contributed by atoms with Gasteiger partial charge in [-0.05, 0) is 37.6 Å². The van der Waals surface area contributed by atoms with Crippen LogP contribution in [0.15, 0.2) is 24.3 Å². The minimum atomic E-state index is 0.272. The molecular formula is C10H15NO. The first-order chi connectivity index (χ1) is 5.72. The van der Waals surface area contributed by atoms with Crippen LogP contribution in [-0.4, -0.2) is 6.10 Å². The third kappa shape index (κ3) is 2.46. The van der Waals surface area contributed by atoms with Crippen LogP contribution in [0.25, 0.3) is 0 Å². The van der Waals surface area contributed by atoms with Crippen molar-refractivity contribution < 1.29 is 4.74 Å². The molecule has 0 radical (unpaired) electrons. The third-order valence-corrected chi connectivity index (χ3v) is 1.79. The second-order valence-electron chi connectivity index (χ2n) is 2.91. The molecule has 0 aromatic heterocycles. The normalized spacial score (nSPS) is 12.5. The maximum absolute atomic E-state index is 5.56. The minimum absolute atomic E-state index is 0.272. The van der Waals surface area contributed by atoms with Gasteiger partial charge in [0.1, 0.15) is 5.75 Å². The van der Waals surface area contributed by atoms with Crippen LogP contribution < -0.4 is 10.5 Å². The number of nitrogens with two attached hydrogens (primary N) is 1. The number of benzene rings is 1. The number of nitrogen functional groups attached to an aromatic ring is 1. The fourth-order valence-electron chi connectivity index (χ4n) is 0.862. The SMILES string of the molecule is CC[C@H](C)Oc1ccc(N)cc1. The Labute approximate surface area is 73.3 Å². The van der Waals surface area contributed by atoms with Gasteiger partial charge in [-0.25, -0.2) is 0 Å². The highest BCUT2D eigenvalue weighted by Crippen LogP contribution is 2.15. The van der Waals surface area contributed by atoms with Crippen LogP contribution in [0.2, 0.25) is 0 Å². The Bertz CT molecular complexity index is 230. The van der Waals surface area contributed by atoms with Crippen LogP contribution in [-0.2, 0) is 0 Å². The molecule has 12 heavy (non-hydrogen) atoms. The van der Waals surface area contributed by atoms with Gasteiger partial charge in [0.2, 0.25) is 0 Å². The van der Waals surface area contributed by atoms with Gasteiger partial charge in [-0.2, -0.15) is 0 Å². The molecule has 1 aromatic rings. The quantitative estimate of drug-likeness (QED) is 0.698. The molecule has 2 heteroatoms. The predicted molar refractivity (Wildman–Crippen MR) is 51.2 cm³/mol. The van der Waals surface area contributed by atoms with Crippen molar-refractivity contribution in [2.24, 2.45) is 0 Å². The Morgan fingerprint density at radius 2 is 1.92 bits per heavy atom. The van der Waals surface area contributed by atoms with Gasteiger partial charge in [0, 0.05) is 5.69 Å². The summed E-state index contributed by atoms with van der Waals surface area (Å²) < 4.78 is 5.56. The summed E-state index contributed by atoms with van der Waals surface area (Å²) in [5.74, 6) is 0.888. The number of hydrogen-bond acceptors (Lipinski definition) is 2. The van der Waals surface area contributed by atoms with E-state index in [-0.39, 0.29) is 6.10 Å². The van der Waals surface area contributed by atoms with Crippen LogP contribution in [0.5, 0.6) is 5.75 Å². The molecule has 0 saturated heterocycles. The first kappa shape index (κ1) is 8.91. The van der Waals surface area contributed by atoms with Crippen LogP contribution in [0.3, 0.4) is 0 Å². The van der Waals surface area contributed by atoms with Crippen molar-refractivity contribution in [1.29, 1.82) is 0 Å². The molecule has 0 aliphatic heterocycles. The van der Waals surface area contributed by atoms with E-state index >= 15 is 0 Å². The zero-order valence-electron chi connectivity index (χ0n) is 7.58. The lowest BCUT2D eigenvalue weighted by Crippen LogP contribution is -2.09. The molecule has 0 saturated carbocycles. The molecule has 1 atom stereocenters. The molecule has 0 fully saturated rings. The highest BCUT2D eigenvalue weighted by molar-refractivity contribution is 5.41. The van der Waals surface area contributed by atoms with Crippen LogP contribution in [0.4, 0.5) is 5.69 Å². The van der Waals surface area contributed by atoms with Crippen LogP contribution in [0.1, 0.15) is 20.3 Å². The van der Waals surface area contributed by atoms with Gasteiger partial charge < -0.3 is 10.5 Å². The first-order valence-electron chi connectivity index (χ1n) is 4.24. The molecule has 1 aromatic carbocycles. The lowest BCUT2D eigenvalue weighted by molar-refractivity contribution is 0.217. The fraction of sp³-hybridized carbons (Fsp3) is 0.400. The molecule has 0 aliphatic rings. The topological polar surface area (TPSA) is 35.2 Å². The van der Waals surface area contributed by atoms with E-state index in [0.29, 0.717) is 0 Å². The van der Waals surface area contributed by atoms with Gasteiger partial charge in [-0.1, -0.05) is 6.92 Å². The van der Waals surface area contributed by atoms with Crippen molar-refractivity contribution >= 4 is 5.69 Å². The number of anilines is 1. The molecule has 0 heterocycles. The summed E-state index contributed by atoms with van der Waals surface area (Å²) in [5, 5.41) is 0. The Morgan fingerprint density at radius 3 is 2.42 bits per heavy atom. The average molecular weight is 165 g/mol. The molecule has 0 aliphatic carbocycles. The summed E-state index contributed by atoms with van der Waals surface area (Å²) in [5.41, 5.74) is 6.30. The monoisotopic (exact) mass is 165 g/mol. The van der Waals surface area contributed by atoms with E-state index in [1.165, 1.54) is 0 Å². The number of rotatable bonds is 3. The molecule has 0 unspecified atom stereocenters. The predicted octanol–water partition coefficient (Wildman–Crippen LogP) is 2.45. The lowest BCUT2D eigenvalue weighted by Gasteiger charge is -2.11. The van der Waals surface area contributed by atoms with E-state index in [4.69, 9.17) is 10.5 Å².